The van der Waals surface area contributed by atoms with Gasteiger partial charge in [-0.25, -0.2) is 4.39 Å². The summed E-state index contributed by atoms with van der Waals surface area (Å²) in [7, 11) is 0. The van der Waals surface area contributed by atoms with Crippen molar-refractivity contribution in [2.75, 3.05) is 0 Å². The molecule has 0 bridgehead atoms. The second-order valence-electron chi connectivity index (χ2n) is 6.72. The van der Waals surface area contributed by atoms with Gasteiger partial charge in [0.1, 0.15) is 11.6 Å². The van der Waals surface area contributed by atoms with Crippen LogP contribution in [0.2, 0.25) is 0 Å². The number of fused-ring (bicyclic) bond motifs is 1. The van der Waals surface area contributed by atoms with Gasteiger partial charge in [0.25, 0.3) is 0 Å². The van der Waals surface area contributed by atoms with E-state index >= 15 is 0 Å². The lowest BCUT2D eigenvalue weighted by atomic mass is 9.80. The molecule has 1 aliphatic carbocycles. The summed E-state index contributed by atoms with van der Waals surface area (Å²) in [5, 5.41) is 10.4. The van der Waals surface area contributed by atoms with Gasteiger partial charge in [0.2, 0.25) is 11.2 Å². The summed E-state index contributed by atoms with van der Waals surface area (Å²) in [5.41, 5.74) is 0.254. The summed E-state index contributed by atoms with van der Waals surface area (Å²) < 4.78 is 19.0. The summed E-state index contributed by atoms with van der Waals surface area (Å²) in [6.45, 7) is 1.53. The monoisotopic (exact) mass is 378 g/mol. The van der Waals surface area contributed by atoms with Gasteiger partial charge in [0, 0.05) is 17.2 Å². The second kappa shape index (κ2) is 6.56. The lowest BCUT2D eigenvalue weighted by molar-refractivity contribution is 0.0816. The van der Waals surface area contributed by atoms with Crippen LogP contribution >= 0.6 is 0 Å². The van der Waals surface area contributed by atoms with Gasteiger partial charge in [-0.2, -0.15) is 0 Å². The zero-order valence-corrected chi connectivity index (χ0v) is 14.8. The highest BCUT2D eigenvalue weighted by molar-refractivity contribution is 6.27. The van der Waals surface area contributed by atoms with E-state index in [-0.39, 0.29) is 22.6 Å². The normalized spacial score (nSPS) is 14.9. The fraction of sp³-hybridized carbons (Fsp3) is 0.136. The standard InChI is InChI=1S/C22H15FO5/c1-11-10-16(24)21(27)22(28-11)17(12-6-8-13(23)9-7-12)18-19(25)14-4-2-3-5-15(14)20(18)26/h2-10,17-18,27H,1H3. The first-order valence-corrected chi connectivity index (χ1v) is 8.65. The van der Waals surface area contributed by atoms with E-state index in [4.69, 9.17) is 4.42 Å². The summed E-state index contributed by atoms with van der Waals surface area (Å²) in [4.78, 5) is 38.2. The molecular weight excluding hydrogens is 363 g/mol. The van der Waals surface area contributed by atoms with Gasteiger partial charge >= 0.3 is 0 Å². The van der Waals surface area contributed by atoms with Crippen molar-refractivity contribution >= 4 is 11.6 Å². The number of carbonyl (C=O) groups is 2. The van der Waals surface area contributed by atoms with Crippen molar-refractivity contribution < 1.29 is 23.5 Å². The maximum Gasteiger partial charge on any atom is 0.227 e. The molecule has 4 rings (SSSR count). The molecular formula is C22H15FO5. The molecule has 3 aromatic rings. The van der Waals surface area contributed by atoms with E-state index < -0.39 is 40.4 Å². The maximum atomic E-state index is 13.4. The molecule has 1 aliphatic rings. The topological polar surface area (TPSA) is 84.6 Å². The number of hydrogen-bond acceptors (Lipinski definition) is 5. The van der Waals surface area contributed by atoms with Crippen LogP contribution in [0, 0.1) is 18.7 Å². The van der Waals surface area contributed by atoms with E-state index in [1.165, 1.54) is 31.2 Å². The predicted octanol–water partition coefficient (Wildman–Crippen LogP) is 3.62. The molecule has 2 aromatic carbocycles. The van der Waals surface area contributed by atoms with Crippen LogP contribution in [-0.4, -0.2) is 16.7 Å². The van der Waals surface area contributed by atoms with Gasteiger partial charge in [-0.15, -0.1) is 0 Å². The van der Waals surface area contributed by atoms with Crippen LogP contribution in [0.5, 0.6) is 5.75 Å². The number of hydrogen-bond donors (Lipinski definition) is 1. The molecule has 140 valence electrons. The Morgan fingerprint density at radius 2 is 1.54 bits per heavy atom. The van der Waals surface area contributed by atoms with E-state index in [9.17, 15) is 23.9 Å². The molecule has 0 fully saturated rings. The molecule has 1 heterocycles. The third-order valence-corrected chi connectivity index (χ3v) is 4.94. The Balaban J connectivity index is 1.96. The first-order valence-electron chi connectivity index (χ1n) is 8.65. The average Bonchev–Trinajstić information content (AvgIpc) is 2.92. The minimum absolute atomic E-state index is 0.184. The van der Waals surface area contributed by atoms with Crippen molar-refractivity contribution in [3.05, 3.63) is 98.8 Å². The lowest BCUT2D eigenvalue weighted by Gasteiger charge is -2.22. The Labute approximate surface area is 159 Å². The Kier molecular flexibility index (Phi) is 4.19. The van der Waals surface area contributed by atoms with Crippen molar-refractivity contribution in [3.63, 3.8) is 0 Å². The lowest BCUT2D eigenvalue weighted by Crippen LogP contribution is -2.26. The summed E-state index contributed by atoms with van der Waals surface area (Å²) in [6.07, 6.45) is 0. The van der Waals surface area contributed by atoms with Gasteiger partial charge < -0.3 is 9.52 Å². The van der Waals surface area contributed by atoms with Gasteiger partial charge in [-0.05, 0) is 24.6 Å². The number of aromatic hydroxyl groups is 1. The van der Waals surface area contributed by atoms with Crippen LogP contribution < -0.4 is 5.43 Å². The van der Waals surface area contributed by atoms with Crippen LogP contribution in [0.25, 0.3) is 0 Å². The number of benzene rings is 2. The molecule has 1 N–H and O–H groups in total. The SMILES string of the molecule is Cc1cc(=O)c(O)c(C(c2ccc(F)cc2)C2C(=O)c3ccccc3C2=O)o1. The summed E-state index contributed by atoms with van der Waals surface area (Å²) in [5.74, 6) is -4.28. The van der Waals surface area contributed by atoms with Crippen LogP contribution in [-0.2, 0) is 0 Å². The van der Waals surface area contributed by atoms with Crippen LogP contribution in [0.1, 0.15) is 43.7 Å². The van der Waals surface area contributed by atoms with E-state index in [0.717, 1.165) is 6.07 Å². The smallest absolute Gasteiger partial charge is 0.227 e. The van der Waals surface area contributed by atoms with E-state index in [2.05, 4.69) is 0 Å². The Bertz CT molecular complexity index is 1130. The first kappa shape index (κ1) is 17.9. The molecule has 0 amide bonds. The molecule has 1 unspecified atom stereocenters. The number of Topliss-reactive ketones (excluding diaryl/α,β-unsaturated/α-hetero) is 2. The Hall–Kier alpha value is -3.54. The van der Waals surface area contributed by atoms with Crippen molar-refractivity contribution in [2.24, 2.45) is 5.92 Å². The van der Waals surface area contributed by atoms with E-state index in [0.29, 0.717) is 5.56 Å². The van der Waals surface area contributed by atoms with Gasteiger partial charge in [-0.3, -0.25) is 14.4 Å². The number of aryl methyl sites for hydroxylation is 1. The Morgan fingerprint density at radius 1 is 0.964 bits per heavy atom. The number of rotatable bonds is 3. The van der Waals surface area contributed by atoms with E-state index in [1.807, 2.05) is 0 Å². The van der Waals surface area contributed by atoms with Gasteiger partial charge in [0.05, 0.1) is 11.8 Å². The molecule has 0 spiro atoms. The van der Waals surface area contributed by atoms with Gasteiger partial charge in [-0.1, -0.05) is 36.4 Å². The minimum atomic E-state index is -1.22. The maximum absolute atomic E-state index is 13.4. The fourth-order valence-electron chi connectivity index (χ4n) is 3.67. The number of ketones is 2. The molecule has 0 saturated carbocycles. The molecule has 0 radical (unpaired) electrons. The van der Waals surface area contributed by atoms with Crippen molar-refractivity contribution in [3.8, 4) is 5.75 Å². The highest BCUT2D eigenvalue weighted by Crippen LogP contribution is 2.42. The average molecular weight is 378 g/mol. The Morgan fingerprint density at radius 3 is 2.11 bits per heavy atom. The number of halogens is 1. The molecule has 28 heavy (non-hydrogen) atoms. The summed E-state index contributed by atoms with van der Waals surface area (Å²) >= 11 is 0. The third kappa shape index (κ3) is 2.74. The second-order valence-corrected chi connectivity index (χ2v) is 6.72. The fourth-order valence-corrected chi connectivity index (χ4v) is 3.67. The number of carbonyl (C=O) groups excluding carboxylic acids is 2. The molecule has 1 atom stereocenters. The highest BCUT2D eigenvalue weighted by Gasteiger charge is 2.46. The zero-order valence-electron chi connectivity index (χ0n) is 14.8. The zero-order chi connectivity index (χ0) is 20.0. The van der Waals surface area contributed by atoms with Crippen LogP contribution in [0.15, 0.2) is 63.8 Å². The molecule has 0 saturated heterocycles. The van der Waals surface area contributed by atoms with E-state index in [1.54, 1.807) is 24.3 Å². The molecule has 5 nitrogen and oxygen atoms in total. The van der Waals surface area contributed by atoms with Crippen molar-refractivity contribution in [1.29, 1.82) is 0 Å². The quantitative estimate of drug-likeness (QED) is 0.704. The minimum Gasteiger partial charge on any atom is -0.502 e. The van der Waals surface area contributed by atoms with Gasteiger partial charge in [0.15, 0.2) is 17.3 Å². The van der Waals surface area contributed by atoms with Crippen LogP contribution in [0.4, 0.5) is 4.39 Å². The van der Waals surface area contributed by atoms with Crippen LogP contribution in [0.3, 0.4) is 0 Å². The summed E-state index contributed by atoms with van der Waals surface area (Å²) in [6, 6.07) is 12.7. The van der Waals surface area contributed by atoms with Crippen molar-refractivity contribution in [2.45, 2.75) is 12.8 Å². The predicted molar refractivity (Wildman–Crippen MR) is 98.2 cm³/mol. The molecule has 0 aliphatic heterocycles. The van der Waals surface area contributed by atoms with Crippen molar-refractivity contribution in [1.82, 2.24) is 0 Å². The highest BCUT2D eigenvalue weighted by atomic mass is 19.1. The first-order chi connectivity index (χ1) is 13.4. The largest absolute Gasteiger partial charge is 0.502 e. The molecule has 6 heteroatoms. The third-order valence-electron chi connectivity index (χ3n) is 4.94. The molecule has 1 aromatic heterocycles.